The molecular formula is C22H22F2N4O2. The summed E-state index contributed by atoms with van der Waals surface area (Å²) in [6.45, 7) is 5.08. The maximum Gasteiger partial charge on any atom is 0.225 e. The Morgan fingerprint density at radius 2 is 2.10 bits per heavy atom. The predicted octanol–water partition coefficient (Wildman–Crippen LogP) is 4.66. The van der Waals surface area contributed by atoms with Crippen molar-refractivity contribution in [3.05, 3.63) is 48.2 Å². The van der Waals surface area contributed by atoms with Crippen LogP contribution in [-0.4, -0.2) is 27.3 Å². The predicted molar refractivity (Wildman–Crippen MR) is 109 cm³/mol. The van der Waals surface area contributed by atoms with E-state index in [9.17, 15) is 13.6 Å². The first-order valence-electron chi connectivity index (χ1n) is 9.87. The molecule has 0 atom stereocenters. The summed E-state index contributed by atoms with van der Waals surface area (Å²) in [5.74, 6) is -0.363. The van der Waals surface area contributed by atoms with E-state index in [0.717, 1.165) is 12.5 Å². The van der Waals surface area contributed by atoms with Gasteiger partial charge in [0.2, 0.25) is 11.8 Å². The normalized spacial score (nSPS) is 13.1. The monoisotopic (exact) mass is 412 g/mol. The topological polar surface area (TPSA) is 69.0 Å². The number of nitrogens with one attached hydrogen (secondary N) is 1. The molecular weight excluding hydrogens is 390 g/mol. The van der Waals surface area contributed by atoms with Gasteiger partial charge >= 0.3 is 0 Å². The third-order valence-corrected chi connectivity index (χ3v) is 4.75. The van der Waals surface area contributed by atoms with Gasteiger partial charge in [-0.2, -0.15) is 5.10 Å². The number of carbonyl (C=O) groups excluding carboxylic acids is 1. The molecule has 3 heterocycles. The van der Waals surface area contributed by atoms with E-state index in [1.54, 1.807) is 23.0 Å². The Hall–Kier alpha value is -3.29. The SMILES string of the molecule is CC(C)CC(=O)Nc1cc(-c2c(-c3ccc(F)cc3F)nn3c2OCCC3)ccn1. The molecule has 0 aliphatic carbocycles. The fourth-order valence-corrected chi connectivity index (χ4v) is 3.48. The number of benzene rings is 1. The summed E-state index contributed by atoms with van der Waals surface area (Å²) in [5, 5.41) is 7.33. The highest BCUT2D eigenvalue weighted by Crippen LogP contribution is 2.41. The number of anilines is 1. The molecule has 156 valence electrons. The Balaban J connectivity index is 1.79. The van der Waals surface area contributed by atoms with Gasteiger partial charge in [-0.3, -0.25) is 4.79 Å². The maximum absolute atomic E-state index is 14.6. The van der Waals surface area contributed by atoms with E-state index in [2.05, 4.69) is 15.4 Å². The number of amides is 1. The second kappa shape index (κ2) is 8.22. The summed E-state index contributed by atoms with van der Waals surface area (Å²) in [4.78, 5) is 16.4. The standard InChI is InChI=1S/C22H22F2N4O2/c1-13(2)10-19(29)26-18-11-14(6-7-25-18)20-21(16-5-4-15(23)12-17(16)24)27-28-8-3-9-30-22(20)28/h4-7,11-13H,3,8-10H2,1-2H3,(H,25,26,29). The Morgan fingerprint density at radius 1 is 1.27 bits per heavy atom. The van der Waals surface area contributed by atoms with Crippen LogP contribution in [0.4, 0.5) is 14.6 Å². The van der Waals surface area contributed by atoms with Gasteiger partial charge < -0.3 is 10.1 Å². The number of hydrogen-bond acceptors (Lipinski definition) is 4. The van der Waals surface area contributed by atoms with Crippen molar-refractivity contribution in [1.82, 2.24) is 14.8 Å². The van der Waals surface area contributed by atoms with E-state index >= 15 is 0 Å². The largest absolute Gasteiger partial charge is 0.477 e. The van der Waals surface area contributed by atoms with Crippen molar-refractivity contribution in [2.75, 3.05) is 11.9 Å². The highest BCUT2D eigenvalue weighted by molar-refractivity contribution is 5.91. The van der Waals surface area contributed by atoms with Crippen molar-refractivity contribution in [2.24, 2.45) is 5.92 Å². The maximum atomic E-state index is 14.6. The van der Waals surface area contributed by atoms with Crippen molar-refractivity contribution in [3.8, 4) is 28.3 Å². The van der Waals surface area contributed by atoms with Gasteiger partial charge in [0.1, 0.15) is 23.1 Å². The Morgan fingerprint density at radius 3 is 2.87 bits per heavy atom. The van der Waals surface area contributed by atoms with Crippen LogP contribution in [0.3, 0.4) is 0 Å². The van der Waals surface area contributed by atoms with Gasteiger partial charge in [-0.05, 0) is 35.7 Å². The summed E-state index contributed by atoms with van der Waals surface area (Å²) < 4.78 is 35.5. The van der Waals surface area contributed by atoms with E-state index < -0.39 is 11.6 Å². The molecule has 0 saturated heterocycles. The zero-order valence-electron chi connectivity index (χ0n) is 16.8. The summed E-state index contributed by atoms with van der Waals surface area (Å²) in [5.41, 5.74) is 1.79. The third kappa shape index (κ3) is 4.03. The van der Waals surface area contributed by atoms with Gasteiger partial charge in [-0.15, -0.1) is 0 Å². The van der Waals surface area contributed by atoms with Crippen LogP contribution in [0.5, 0.6) is 5.88 Å². The molecule has 6 nitrogen and oxygen atoms in total. The quantitative estimate of drug-likeness (QED) is 0.662. The highest BCUT2D eigenvalue weighted by Gasteiger charge is 2.26. The minimum atomic E-state index is -0.703. The summed E-state index contributed by atoms with van der Waals surface area (Å²) in [7, 11) is 0. The van der Waals surface area contributed by atoms with Crippen molar-refractivity contribution in [1.29, 1.82) is 0 Å². The summed E-state index contributed by atoms with van der Waals surface area (Å²) >= 11 is 0. The number of fused-ring (bicyclic) bond motifs is 1. The zero-order chi connectivity index (χ0) is 21.3. The van der Waals surface area contributed by atoms with Gasteiger partial charge in [-0.1, -0.05) is 13.8 Å². The number of carbonyl (C=O) groups is 1. The minimum Gasteiger partial charge on any atom is -0.477 e. The second-order valence-corrected chi connectivity index (χ2v) is 7.65. The van der Waals surface area contributed by atoms with Gasteiger partial charge in [0.25, 0.3) is 0 Å². The van der Waals surface area contributed by atoms with E-state index in [1.807, 2.05) is 13.8 Å². The summed E-state index contributed by atoms with van der Waals surface area (Å²) in [6, 6.07) is 6.86. The van der Waals surface area contributed by atoms with Crippen LogP contribution in [0.25, 0.3) is 22.4 Å². The smallest absolute Gasteiger partial charge is 0.225 e. The second-order valence-electron chi connectivity index (χ2n) is 7.65. The molecule has 1 aromatic carbocycles. The van der Waals surface area contributed by atoms with Gasteiger partial charge in [0.05, 0.1) is 12.2 Å². The molecule has 0 saturated carbocycles. The molecule has 0 fully saturated rings. The molecule has 1 aliphatic heterocycles. The lowest BCUT2D eigenvalue weighted by atomic mass is 10.0. The molecule has 0 bridgehead atoms. The Labute approximate surface area is 172 Å². The van der Waals surface area contributed by atoms with Crippen LogP contribution < -0.4 is 10.1 Å². The molecule has 0 unspecified atom stereocenters. The Kier molecular flexibility index (Phi) is 5.48. The summed E-state index contributed by atoms with van der Waals surface area (Å²) in [6.07, 6.45) is 2.73. The van der Waals surface area contributed by atoms with Crippen LogP contribution in [0.2, 0.25) is 0 Å². The molecule has 1 N–H and O–H groups in total. The number of pyridine rings is 1. The molecule has 2 aromatic heterocycles. The van der Waals surface area contributed by atoms with Crippen LogP contribution in [0, 0.1) is 17.6 Å². The lowest BCUT2D eigenvalue weighted by Gasteiger charge is -2.16. The van der Waals surface area contributed by atoms with Gasteiger partial charge in [-0.25, -0.2) is 18.4 Å². The first kappa shape index (κ1) is 20.0. The van der Waals surface area contributed by atoms with E-state index in [-0.39, 0.29) is 17.4 Å². The molecule has 8 heteroatoms. The van der Waals surface area contributed by atoms with Crippen LogP contribution >= 0.6 is 0 Å². The number of ether oxygens (including phenoxy) is 1. The lowest BCUT2D eigenvalue weighted by Crippen LogP contribution is -2.15. The zero-order valence-corrected chi connectivity index (χ0v) is 16.8. The fraction of sp³-hybridized carbons (Fsp3) is 0.318. The first-order valence-corrected chi connectivity index (χ1v) is 9.87. The molecule has 1 amide bonds. The molecule has 4 rings (SSSR count). The number of hydrogen-bond donors (Lipinski definition) is 1. The first-order chi connectivity index (χ1) is 14.4. The fourth-order valence-electron chi connectivity index (χ4n) is 3.48. The van der Waals surface area contributed by atoms with Crippen molar-refractivity contribution in [3.63, 3.8) is 0 Å². The van der Waals surface area contributed by atoms with Gasteiger partial charge in [0.15, 0.2) is 0 Å². The molecule has 3 aromatic rings. The molecule has 0 spiro atoms. The number of halogens is 2. The molecule has 30 heavy (non-hydrogen) atoms. The van der Waals surface area contributed by atoms with Crippen molar-refractivity contribution < 1.29 is 18.3 Å². The van der Waals surface area contributed by atoms with E-state index in [4.69, 9.17) is 4.74 Å². The third-order valence-electron chi connectivity index (χ3n) is 4.75. The van der Waals surface area contributed by atoms with E-state index in [0.29, 0.717) is 48.1 Å². The number of aromatic nitrogens is 3. The van der Waals surface area contributed by atoms with Crippen molar-refractivity contribution >= 4 is 11.7 Å². The van der Waals surface area contributed by atoms with Crippen molar-refractivity contribution in [2.45, 2.75) is 33.2 Å². The number of aryl methyl sites for hydroxylation is 1. The lowest BCUT2D eigenvalue weighted by molar-refractivity contribution is -0.116. The van der Waals surface area contributed by atoms with Crippen LogP contribution in [-0.2, 0) is 11.3 Å². The van der Waals surface area contributed by atoms with Gasteiger partial charge in [0, 0.05) is 37.2 Å². The number of nitrogens with zero attached hydrogens (tertiary/aromatic N) is 3. The average Bonchev–Trinajstić information content (AvgIpc) is 3.06. The Bertz CT molecular complexity index is 1090. The van der Waals surface area contributed by atoms with E-state index in [1.165, 1.54) is 12.1 Å². The molecule has 1 aliphatic rings. The van der Waals surface area contributed by atoms with Crippen LogP contribution in [0.15, 0.2) is 36.5 Å². The average molecular weight is 412 g/mol. The van der Waals surface area contributed by atoms with Crippen LogP contribution in [0.1, 0.15) is 26.7 Å². The minimum absolute atomic E-state index is 0.132. The molecule has 0 radical (unpaired) electrons. The number of rotatable bonds is 5. The highest BCUT2D eigenvalue weighted by atomic mass is 19.1.